The minimum Gasteiger partial charge on any atom is -0.362 e. The summed E-state index contributed by atoms with van der Waals surface area (Å²) in [7, 11) is 0. The highest BCUT2D eigenvalue weighted by Crippen LogP contribution is 2.36. The van der Waals surface area contributed by atoms with E-state index >= 15 is 0 Å². The quantitative estimate of drug-likeness (QED) is 0.669. The van der Waals surface area contributed by atoms with Gasteiger partial charge in [-0.25, -0.2) is 0 Å². The first kappa shape index (κ1) is 13.4. The number of hydrogen-bond acceptors (Lipinski definition) is 3. The number of rotatable bonds is 2. The van der Waals surface area contributed by atoms with E-state index in [1.54, 1.807) is 30.3 Å². The molecule has 3 rings (SSSR count). The number of nitrogens with zero attached hydrogens (tertiary/aromatic N) is 1. The van der Waals surface area contributed by atoms with Crippen LogP contribution >= 0.6 is 35.6 Å². The lowest BCUT2D eigenvalue weighted by molar-refractivity contribution is -0.113. The number of nitrogens with one attached hydrogen (secondary N) is 1. The summed E-state index contributed by atoms with van der Waals surface area (Å²) in [5, 5.41) is 0.626. The molecule has 6 heteroatoms. The Bertz CT molecular complexity index is 692. The molecular formula is C14H9ClN2OS2. The number of amides is 1. The Morgan fingerprint density at radius 3 is 2.65 bits per heavy atom. The molecule has 0 saturated carbocycles. The minimum atomic E-state index is -0.114. The Morgan fingerprint density at radius 1 is 1.25 bits per heavy atom. The van der Waals surface area contributed by atoms with E-state index in [1.807, 2.05) is 18.3 Å². The molecule has 1 amide bonds. The van der Waals surface area contributed by atoms with Gasteiger partial charge < -0.3 is 4.98 Å². The highest BCUT2D eigenvalue weighted by Gasteiger charge is 2.33. The van der Waals surface area contributed by atoms with E-state index in [4.69, 9.17) is 23.8 Å². The summed E-state index contributed by atoms with van der Waals surface area (Å²) in [6.07, 6.45) is 3.61. The van der Waals surface area contributed by atoms with Gasteiger partial charge in [-0.2, -0.15) is 0 Å². The highest BCUT2D eigenvalue weighted by atomic mass is 35.5. The molecule has 1 aromatic carbocycles. The maximum atomic E-state index is 12.4. The monoisotopic (exact) mass is 320 g/mol. The minimum absolute atomic E-state index is 0.114. The molecule has 1 fully saturated rings. The number of aromatic nitrogens is 1. The van der Waals surface area contributed by atoms with Crippen LogP contribution < -0.4 is 4.90 Å². The van der Waals surface area contributed by atoms with Crippen molar-refractivity contribution in [1.82, 2.24) is 4.98 Å². The van der Waals surface area contributed by atoms with Crippen LogP contribution in [0.25, 0.3) is 6.08 Å². The molecule has 1 N–H and O–H groups in total. The van der Waals surface area contributed by atoms with E-state index in [9.17, 15) is 4.79 Å². The zero-order valence-electron chi connectivity index (χ0n) is 10.2. The Balaban J connectivity index is 1.93. The lowest BCUT2D eigenvalue weighted by Gasteiger charge is -2.14. The van der Waals surface area contributed by atoms with Crippen LogP contribution in [0.2, 0.25) is 5.02 Å². The number of H-pyrrole nitrogens is 1. The van der Waals surface area contributed by atoms with E-state index in [-0.39, 0.29) is 5.91 Å². The van der Waals surface area contributed by atoms with Crippen LogP contribution in [-0.2, 0) is 4.79 Å². The van der Waals surface area contributed by atoms with Gasteiger partial charge in [0.15, 0.2) is 4.32 Å². The number of aromatic amines is 1. The lowest BCUT2D eigenvalue weighted by atomic mass is 10.3. The molecule has 20 heavy (non-hydrogen) atoms. The first-order chi connectivity index (χ1) is 9.65. The number of anilines is 1. The molecule has 1 aromatic heterocycles. The maximum absolute atomic E-state index is 12.4. The number of carbonyl (C=O) groups excluding carboxylic acids is 1. The summed E-state index contributed by atoms with van der Waals surface area (Å²) in [6, 6.07) is 10.8. The first-order valence-electron chi connectivity index (χ1n) is 5.82. The lowest BCUT2D eigenvalue weighted by Crippen LogP contribution is -2.27. The van der Waals surface area contributed by atoms with E-state index < -0.39 is 0 Å². The second-order valence-electron chi connectivity index (χ2n) is 4.12. The zero-order valence-corrected chi connectivity index (χ0v) is 12.6. The Labute approximate surface area is 130 Å². The van der Waals surface area contributed by atoms with Crippen molar-refractivity contribution < 1.29 is 4.79 Å². The van der Waals surface area contributed by atoms with Crippen LogP contribution in [-0.4, -0.2) is 15.2 Å². The molecule has 1 saturated heterocycles. The van der Waals surface area contributed by atoms with Crippen molar-refractivity contribution in [3.05, 3.63) is 58.2 Å². The average Bonchev–Trinajstić information content (AvgIpc) is 3.02. The number of hydrogen-bond donors (Lipinski definition) is 1. The summed E-state index contributed by atoms with van der Waals surface area (Å²) in [4.78, 5) is 17.6. The van der Waals surface area contributed by atoms with Gasteiger partial charge in [0.1, 0.15) is 0 Å². The van der Waals surface area contributed by atoms with Crippen molar-refractivity contribution >= 4 is 57.6 Å². The summed E-state index contributed by atoms with van der Waals surface area (Å²) >= 11 is 12.4. The van der Waals surface area contributed by atoms with Gasteiger partial charge in [0, 0.05) is 16.9 Å². The number of benzene rings is 1. The van der Waals surface area contributed by atoms with Gasteiger partial charge in [-0.05, 0) is 42.5 Å². The molecular weight excluding hydrogens is 312 g/mol. The van der Waals surface area contributed by atoms with Crippen LogP contribution in [0, 0.1) is 0 Å². The Hall–Kier alpha value is -1.56. The maximum Gasteiger partial charge on any atom is 0.270 e. The standard InChI is InChI=1S/C14H9ClN2OS2/c15-9-3-5-11(6-4-9)17-13(18)12(20-14(17)19)8-10-2-1-7-16-10/h1-8,16H/b12-8-. The van der Waals surface area contributed by atoms with Crippen molar-refractivity contribution in [2.45, 2.75) is 0 Å². The third-order valence-electron chi connectivity index (χ3n) is 2.79. The van der Waals surface area contributed by atoms with E-state index in [0.29, 0.717) is 14.2 Å². The molecule has 2 aromatic rings. The van der Waals surface area contributed by atoms with Gasteiger partial charge in [0.25, 0.3) is 5.91 Å². The fourth-order valence-corrected chi connectivity index (χ4v) is 3.27. The van der Waals surface area contributed by atoms with Crippen LogP contribution in [0.1, 0.15) is 5.69 Å². The average molecular weight is 321 g/mol. The SMILES string of the molecule is O=C1/C(=C/c2ccc[nH]2)SC(=S)N1c1ccc(Cl)cc1. The molecule has 1 aliphatic rings. The molecule has 0 bridgehead atoms. The number of carbonyl (C=O) groups is 1. The van der Waals surface area contributed by atoms with Gasteiger partial charge in [-0.15, -0.1) is 0 Å². The van der Waals surface area contributed by atoms with Gasteiger partial charge in [0.05, 0.1) is 10.6 Å². The number of thioether (sulfide) groups is 1. The zero-order chi connectivity index (χ0) is 14.1. The molecule has 2 heterocycles. The molecule has 0 atom stereocenters. The van der Waals surface area contributed by atoms with E-state index in [2.05, 4.69) is 4.98 Å². The Morgan fingerprint density at radius 2 is 2.00 bits per heavy atom. The van der Waals surface area contributed by atoms with Crippen LogP contribution in [0.3, 0.4) is 0 Å². The molecule has 0 spiro atoms. The molecule has 100 valence electrons. The van der Waals surface area contributed by atoms with Gasteiger partial charge >= 0.3 is 0 Å². The van der Waals surface area contributed by atoms with E-state index in [1.165, 1.54) is 16.7 Å². The summed E-state index contributed by atoms with van der Waals surface area (Å²) in [5.74, 6) is -0.114. The number of thiocarbonyl (C=S) groups is 1. The fourth-order valence-electron chi connectivity index (χ4n) is 1.86. The fraction of sp³-hybridized carbons (Fsp3) is 0. The van der Waals surface area contributed by atoms with Crippen molar-refractivity contribution in [3.63, 3.8) is 0 Å². The molecule has 0 aliphatic carbocycles. The van der Waals surface area contributed by atoms with Crippen molar-refractivity contribution in [3.8, 4) is 0 Å². The van der Waals surface area contributed by atoms with Crippen LogP contribution in [0.5, 0.6) is 0 Å². The largest absolute Gasteiger partial charge is 0.362 e. The normalized spacial score (nSPS) is 17.2. The van der Waals surface area contributed by atoms with Crippen LogP contribution in [0.4, 0.5) is 5.69 Å². The summed E-state index contributed by atoms with van der Waals surface area (Å²) in [5.41, 5.74) is 1.60. The summed E-state index contributed by atoms with van der Waals surface area (Å²) in [6.45, 7) is 0. The topological polar surface area (TPSA) is 36.1 Å². The van der Waals surface area contributed by atoms with Gasteiger partial charge in [-0.3, -0.25) is 9.69 Å². The summed E-state index contributed by atoms with van der Waals surface area (Å²) < 4.78 is 0.523. The molecule has 3 nitrogen and oxygen atoms in total. The van der Waals surface area contributed by atoms with Gasteiger partial charge in [0.2, 0.25) is 0 Å². The van der Waals surface area contributed by atoms with E-state index in [0.717, 1.165) is 11.4 Å². The number of halogens is 1. The van der Waals surface area contributed by atoms with Crippen molar-refractivity contribution in [2.24, 2.45) is 0 Å². The third-order valence-corrected chi connectivity index (χ3v) is 4.34. The molecule has 0 unspecified atom stereocenters. The third kappa shape index (κ3) is 2.52. The second-order valence-corrected chi connectivity index (χ2v) is 6.23. The van der Waals surface area contributed by atoms with Crippen LogP contribution in [0.15, 0.2) is 47.5 Å². The molecule has 0 radical (unpaired) electrons. The first-order valence-corrected chi connectivity index (χ1v) is 7.42. The predicted molar refractivity (Wildman–Crippen MR) is 87.9 cm³/mol. The van der Waals surface area contributed by atoms with Gasteiger partial charge in [-0.1, -0.05) is 35.6 Å². The predicted octanol–water partition coefficient (Wildman–Crippen LogP) is 4.07. The highest BCUT2D eigenvalue weighted by molar-refractivity contribution is 8.27. The smallest absolute Gasteiger partial charge is 0.270 e. The molecule has 1 aliphatic heterocycles. The second kappa shape index (κ2) is 5.44. The van der Waals surface area contributed by atoms with Crippen molar-refractivity contribution in [1.29, 1.82) is 0 Å². The Kier molecular flexibility index (Phi) is 3.65. The van der Waals surface area contributed by atoms with Crippen molar-refractivity contribution in [2.75, 3.05) is 4.90 Å².